The minimum atomic E-state index is -1.53. The topological polar surface area (TPSA) is 173 Å². The zero-order valence-electron chi connectivity index (χ0n) is 29.2. The fourth-order valence-corrected chi connectivity index (χ4v) is 8.92. The number of allylic oxidation sites excluding steroid dienone is 1. The molecule has 0 saturated heterocycles. The van der Waals surface area contributed by atoms with Gasteiger partial charge in [0.2, 0.25) is 0 Å². The molecule has 2 saturated carbocycles. The lowest BCUT2D eigenvalue weighted by atomic mass is 9.46. The van der Waals surface area contributed by atoms with Crippen LogP contribution in [0, 0.1) is 47.2 Å². The molecule has 4 aliphatic rings. The molecule has 274 valence electrons. The number of aliphatic hydroxyl groups excluding tert-OH is 1. The number of nitrogens with one attached hydrogen (secondary N) is 2. The third-order valence-corrected chi connectivity index (χ3v) is 11.5. The number of aromatic nitrogens is 1. The normalized spacial score (nSPS) is 37.2. The lowest BCUT2D eigenvalue weighted by Crippen LogP contribution is -2.65. The molecule has 0 bridgehead atoms. The molecule has 1 aromatic heterocycles. The molecule has 2 heterocycles. The number of aromatic amines is 1. The first-order valence-electron chi connectivity index (χ1n) is 17.3. The van der Waals surface area contributed by atoms with Crippen molar-refractivity contribution in [1.82, 2.24) is 10.3 Å². The van der Waals surface area contributed by atoms with Crippen LogP contribution in [-0.4, -0.2) is 82.2 Å². The molecule has 5 unspecified atom stereocenters. The highest BCUT2D eigenvalue weighted by Gasteiger charge is 2.71. The number of halogens is 1. The van der Waals surface area contributed by atoms with Gasteiger partial charge < -0.3 is 39.5 Å². The molecule has 6 rings (SSSR count). The summed E-state index contributed by atoms with van der Waals surface area (Å²) in [7, 11) is 1.36. The van der Waals surface area contributed by atoms with Crippen LogP contribution in [0.2, 0.25) is 0 Å². The van der Waals surface area contributed by atoms with Crippen LogP contribution in [-0.2, 0) is 39.9 Å². The first kappa shape index (κ1) is 36.5. The number of aliphatic hydroxyl groups is 2. The van der Waals surface area contributed by atoms with Crippen molar-refractivity contribution >= 4 is 23.8 Å². The maximum absolute atomic E-state index is 14.0. The monoisotopic (exact) mass is 708 g/mol. The lowest BCUT2D eigenvalue weighted by Gasteiger charge is -2.61. The molecule has 2 fully saturated rings. The van der Waals surface area contributed by atoms with Crippen molar-refractivity contribution in [3.8, 4) is 0 Å². The maximum atomic E-state index is 14.0. The number of methoxy groups -OCH3 is 1. The Bertz CT molecular complexity index is 1710. The molecule has 12 nitrogen and oxygen atoms in total. The standard InChI is InChI=1S/C38H45FN2O10/c1-18-15-19(2)38(47)23(12-13-24-28-29(30(24)38)31(42)20(3)33(28)51-35(44)26-11-8-14-40-26)16-27(48-5)36(45)50-32(18)21(4)49-37(46)34(43)41-17-22-9-6-7-10-25(22)39/h6-15,18,20-21,23-24,27-33,40,42,47H,16-17H2,1-5H3,(H,41,43)/b19-15+/t18-,20-,21-,23?,24?,27+,28+,29?,30?,31-,32?,33-,38+/m1/s1. The number of hydrogen-bond acceptors (Lipinski definition) is 10. The molecule has 2 aromatic rings. The Hall–Kier alpha value is -4.33. The Morgan fingerprint density at radius 1 is 1.14 bits per heavy atom. The third-order valence-electron chi connectivity index (χ3n) is 11.5. The summed E-state index contributed by atoms with van der Waals surface area (Å²) in [5, 5.41) is 26.8. The van der Waals surface area contributed by atoms with Crippen molar-refractivity contribution in [3.63, 3.8) is 0 Å². The number of cyclic esters (lactones) is 1. The van der Waals surface area contributed by atoms with Gasteiger partial charge in [0.1, 0.15) is 29.8 Å². The molecule has 1 aliphatic heterocycles. The summed E-state index contributed by atoms with van der Waals surface area (Å²) in [4.78, 5) is 54.7. The van der Waals surface area contributed by atoms with Gasteiger partial charge in [-0.2, -0.15) is 0 Å². The van der Waals surface area contributed by atoms with Gasteiger partial charge in [0.25, 0.3) is 0 Å². The van der Waals surface area contributed by atoms with Gasteiger partial charge in [0.15, 0.2) is 6.10 Å². The van der Waals surface area contributed by atoms with Crippen molar-refractivity contribution in [1.29, 1.82) is 0 Å². The summed E-state index contributed by atoms with van der Waals surface area (Å²) in [5.74, 6) is -7.06. The first-order valence-corrected chi connectivity index (χ1v) is 17.3. The highest BCUT2D eigenvalue weighted by atomic mass is 19.1. The summed E-state index contributed by atoms with van der Waals surface area (Å²) in [6.45, 7) is 6.63. The molecular weight excluding hydrogens is 663 g/mol. The second kappa shape index (κ2) is 14.4. The first-order chi connectivity index (χ1) is 24.3. The van der Waals surface area contributed by atoms with Gasteiger partial charge in [-0.15, -0.1) is 0 Å². The van der Waals surface area contributed by atoms with Gasteiger partial charge in [-0.1, -0.05) is 50.3 Å². The zero-order chi connectivity index (χ0) is 36.8. The minimum absolute atomic E-state index is 0.0543. The van der Waals surface area contributed by atoms with E-state index in [0.29, 0.717) is 11.3 Å². The smallest absolute Gasteiger partial charge is 0.397 e. The highest BCUT2D eigenvalue weighted by molar-refractivity contribution is 6.32. The predicted octanol–water partition coefficient (Wildman–Crippen LogP) is 3.25. The minimum Gasteiger partial charge on any atom is -0.457 e. The van der Waals surface area contributed by atoms with Crippen LogP contribution in [0.25, 0.3) is 0 Å². The Kier molecular flexibility index (Phi) is 10.3. The molecule has 4 N–H and O–H groups in total. The Balaban J connectivity index is 1.24. The van der Waals surface area contributed by atoms with Gasteiger partial charge in [-0.05, 0) is 55.9 Å². The van der Waals surface area contributed by atoms with E-state index in [-0.39, 0.29) is 30.4 Å². The van der Waals surface area contributed by atoms with E-state index in [2.05, 4.69) is 10.3 Å². The molecular formula is C38H45FN2O10. The highest BCUT2D eigenvalue weighted by Crippen LogP contribution is 2.66. The average molecular weight is 709 g/mol. The molecule has 0 radical (unpaired) electrons. The number of H-pyrrole nitrogens is 1. The fraction of sp³-hybridized carbons (Fsp3) is 0.526. The molecule has 51 heavy (non-hydrogen) atoms. The summed E-state index contributed by atoms with van der Waals surface area (Å²) in [6.07, 6.45) is 2.59. The third kappa shape index (κ3) is 6.51. The number of benzene rings is 1. The average Bonchev–Trinajstić information content (AvgIpc) is 3.70. The molecule has 3 aliphatic carbocycles. The molecule has 13 atom stereocenters. The molecule has 0 spiro atoms. The number of esters is 3. The predicted molar refractivity (Wildman–Crippen MR) is 179 cm³/mol. The Labute approximate surface area is 295 Å². The summed E-state index contributed by atoms with van der Waals surface area (Å²) in [6, 6.07) is 9.15. The molecule has 1 aromatic carbocycles. The lowest BCUT2D eigenvalue weighted by molar-refractivity contribution is -0.189. The van der Waals surface area contributed by atoms with E-state index in [9.17, 15) is 33.8 Å². The van der Waals surface area contributed by atoms with Crippen molar-refractivity contribution in [2.24, 2.45) is 41.4 Å². The van der Waals surface area contributed by atoms with Crippen LogP contribution in [0.5, 0.6) is 0 Å². The van der Waals surface area contributed by atoms with Gasteiger partial charge in [-0.3, -0.25) is 4.79 Å². The van der Waals surface area contributed by atoms with E-state index in [0.717, 1.165) is 0 Å². The quantitative estimate of drug-likeness (QED) is 0.145. The number of carbonyl (C=O) groups excluding carboxylic acids is 4. The van der Waals surface area contributed by atoms with Gasteiger partial charge >= 0.3 is 23.8 Å². The summed E-state index contributed by atoms with van der Waals surface area (Å²) in [5.41, 5.74) is -0.457. The van der Waals surface area contributed by atoms with E-state index < -0.39 is 95.3 Å². The largest absolute Gasteiger partial charge is 0.457 e. The molecule has 13 heteroatoms. The molecule has 1 amide bonds. The van der Waals surface area contributed by atoms with Crippen molar-refractivity contribution in [2.75, 3.05) is 7.11 Å². The van der Waals surface area contributed by atoms with Crippen LogP contribution >= 0.6 is 0 Å². The maximum Gasteiger partial charge on any atom is 0.397 e. The van der Waals surface area contributed by atoms with Crippen LogP contribution in [0.15, 0.2) is 66.4 Å². The van der Waals surface area contributed by atoms with Crippen molar-refractivity contribution < 1.29 is 52.7 Å². The number of fused-ring (bicyclic) bond motifs is 6. The number of amides is 1. The second-order valence-electron chi connectivity index (χ2n) is 14.3. The van der Waals surface area contributed by atoms with E-state index in [1.165, 1.54) is 32.2 Å². The second-order valence-corrected chi connectivity index (χ2v) is 14.3. The van der Waals surface area contributed by atoms with Crippen molar-refractivity contribution in [3.05, 3.63) is 83.5 Å². The summed E-state index contributed by atoms with van der Waals surface area (Å²) >= 11 is 0. The Morgan fingerprint density at radius 2 is 1.88 bits per heavy atom. The van der Waals surface area contributed by atoms with Crippen molar-refractivity contribution in [2.45, 2.75) is 76.8 Å². The van der Waals surface area contributed by atoms with E-state index in [4.69, 9.17) is 18.9 Å². The van der Waals surface area contributed by atoms with Crippen LogP contribution in [0.1, 0.15) is 50.2 Å². The zero-order valence-corrected chi connectivity index (χ0v) is 29.2. The van der Waals surface area contributed by atoms with Crippen LogP contribution in [0.3, 0.4) is 0 Å². The van der Waals surface area contributed by atoms with Gasteiger partial charge in [-0.25, -0.2) is 18.8 Å². The number of hydrogen-bond donors (Lipinski definition) is 4. The van der Waals surface area contributed by atoms with Gasteiger partial charge in [0.05, 0.1) is 11.7 Å². The van der Waals surface area contributed by atoms with E-state index in [1.54, 1.807) is 44.3 Å². The number of carbonyl (C=O) groups is 4. The number of rotatable bonds is 7. The van der Waals surface area contributed by atoms with Gasteiger partial charge in [0, 0.05) is 55.0 Å². The number of ether oxygens (including phenoxy) is 4. The van der Waals surface area contributed by atoms with E-state index >= 15 is 0 Å². The van der Waals surface area contributed by atoms with E-state index in [1.807, 2.05) is 19.1 Å². The summed E-state index contributed by atoms with van der Waals surface area (Å²) < 4.78 is 36.9. The SMILES string of the molecule is CO[C@H]1CC2C=CC3C(C4[C@H]3[C@H](OC(=O)c3ccc[nH]3)[C@H](C)[C@H]4O)[C@]2(O)/C(C)=C/[C@@H](C)C([C@@H](C)OC(=O)C(=O)NCc2ccccc2F)OC1=O. The Morgan fingerprint density at radius 3 is 2.57 bits per heavy atom. The van der Waals surface area contributed by atoms with Crippen LogP contribution < -0.4 is 5.32 Å². The van der Waals surface area contributed by atoms with Crippen LogP contribution in [0.4, 0.5) is 4.39 Å². The fourth-order valence-electron chi connectivity index (χ4n) is 8.92.